The first-order chi connectivity index (χ1) is 13.1. The van der Waals surface area contributed by atoms with E-state index in [0.717, 1.165) is 24.2 Å². The maximum Gasteiger partial charge on any atom is 0.320 e. The topological polar surface area (TPSA) is 50.4 Å². The van der Waals surface area contributed by atoms with E-state index < -0.39 is 0 Å². The Morgan fingerprint density at radius 3 is 2.26 bits per heavy atom. The van der Waals surface area contributed by atoms with Crippen LogP contribution in [0.3, 0.4) is 0 Å². The number of amides is 2. The van der Waals surface area contributed by atoms with Gasteiger partial charge in [0.2, 0.25) is 0 Å². The second kappa shape index (κ2) is 7.16. The van der Waals surface area contributed by atoms with Crippen LogP contribution in [-0.4, -0.2) is 6.03 Å². The summed E-state index contributed by atoms with van der Waals surface area (Å²) in [5, 5.41) is 6.07. The van der Waals surface area contributed by atoms with Crippen LogP contribution in [0, 0.1) is 6.92 Å². The molecule has 0 aromatic heterocycles. The predicted molar refractivity (Wildman–Crippen MR) is 107 cm³/mol. The van der Waals surface area contributed by atoms with Gasteiger partial charge in [-0.05, 0) is 49.6 Å². The van der Waals surface area contributed by atoms with Crippen LogP contribution < -0.4 is 15.4 Å². The van der Waals surface area contributed by atoms with E-state index in [4.69, 9.17) is 4.74 Å². The van der Waals surface area contributed by atoms with Crippen LogP contribution in [0.4, 0.5) is 10.5 Å². The summed E-state index contributed by atoms with van der Waals surface area (Å²) in [5.74, 6) is 1.34. The molecule has 1 aliphatic carbocycles. The normalized spacial score (nSPS) is 14.3. The number of carbonyl (C=O) groups is 1. The zero-order valence-corrected chi connectivity index (χ0v) is 15.2. The molecule has 2 amide bonds. The highest BCUT2D eigenvalue weighted by Crippen LogP contribution is 2.45. The van der Waals surface area contributed by atoms with Crippen molar-refractivity contribution in [3.63, 3.8) is 0 Å². The van der Waals surface area contributed by atoms with E-state index in [9.17, 15) is 4.79 Å². The molecule has 0 heterocycles. The number of hydrogen-bond acceptors (Lipinski definition) is 2. The summed E-state index contributed by atoms with van der Waals surface area (Å²) in [6, 6.07) is 25.1. The number of benzene rings is 3. The lowest BCUT2D eigenvalue weighted by molar-refractivity contribution is 0.247. The number of anilines is 1. The third kappa shape index (κ3) is 3.95. The minimum atomic E-state index is -0.257. The number of urea groups is 1. The van der Waals surface area contributed by atoms with Gasteiger partial charge in [0.05, 0.1) is 11.2 Å². The molecule has 0 atom stereocenters. The Morgan fingerprint density at radius 1 is 0.889 bits per heavy atom. The molecule has 0 radical (unpaired) electrons. The number of aryl methyl sites for hydroxylation is 1. The zero-order valence-electron chi connectivity index (χ0n) is 15.2. The SMILES string of the molecule is Cc1ccc(C2(NC(=O)Nc3ccccc3Oc3ccccc3)CC2)cc1. The molecule has 1 fully saturated rings. The van der Waals surface area contributed by atoms with Crippen molar-refractivity contribution in [2.75, 3.05) is 5.32 Å². The van der Waals surface area contributed by atoms with Crippen molar-refractivity contribution in [3.05, 3.63) is 90.0 Å². The van der Waals surface area contributed by atoms with Gasteiger partial charge >= 0.3 is 6.03 Å². The van der Waals surface area contributed by atoms with E-state index >= 15 is 0 Å². The number of nitrogens with one attached hydrogen (secondary N) is 2. The fourth-order valence-electron chi connectivity index (χ4n) is 3.13. The van der Waals surface area contributed by atoms with Gasteiger partial charge in [-0.15, -0.1) is 0 Å². The van der Waals surface area contributed by atoms with Crippen LogP contribution in [0.25, 0.3) is 0 Å². The minimum absolute atomic E-state index is 0.225. The van der Waals surface area contributed by atoms with Crippen molar-refractivity contribution in [1.82, 2.24) is 5.32 Å². The van der Waals surface area contributed by atoms with Crippen LogP contribution in [0.15, 0.2) is 78.9 Å². The Hall–Kier alpha value is -3.27. The van der Waals surface area contributed by atoms with Gasteiger partial charge in [0.15, 0.2) is 5.75 Å². The highest BCUT2D eigenvalue weighted by Gasteiger charge is 2.45. The predicted octanol–water partition coefficient (Wildman–Crippen LogP) is 5.60. The van der Waals surface area contributed by atoms with E-state index in [2.05, 4.69) is 41.8 Å². The van der Waals surface area contributed by atoms with Gasteiger partial charge in [0.25, 0.3) is 0 Å². The van der Waals surface area contributed by atoms with Gasteiger partial charge < -0.3 is 15.4 Å². The summed E-state index contributed by atoms with van der Waals surface area (Å²) in [6.07, 6.45) is 1.90. The lowest BCUT2D eigenvalue weighted by Gasteiger charge is -2.19. The van der Waals surface area contributed by atoms with Crippen LogP contribution in [0.2, 0.25) is 0 Å². The van der Waals surface area contributed by atoms with Gasteiger partial charge in [0.1, 0.15) is 5.75 Å². The first-order valence-corrected chi connectivity index (χ1v) is 9.13. The van der Waals surface area contributed by atoms with E-state index in [1.165, 1.54) is 5.56 Å². The first-order valence-electron chi connectivity index (χ1n) is 9.13. The molecule has 3 aromatic carbocycles. The van der Waals surface area contributed by atoms with Crippen LogP contribution in [0.1, 0.15) is 24.0 Å². The summed E-state index contributed by atoms with van der Waals surface area (Å²) in [6.45, 7) is 2.06. The van der Waals surface area contributed by atoms with Crippen molar-refractivity contribution < 1.29 is 9.53 Å². The Morgan fingerprint density at radius 2 is 1.56 bits per heavy atom. The Balaban J connectivity index is 1.46. The fraction of sp³-hybridized carbons (Fsp3) is 0.174. The molecule has 0 saturated heterocycles. The zero-order chi connectivity index (χ0) is 18.7. The standard InChI is InChI=1S/C23H22N2O2/c1-17-11-13-18(14-12-17)23(15-16-23)25-22(26)24-20-9-5-6-10-21(20)27-19-7-3-2-4-8-19/h2-14H,15-16H2,1H3,(H2,24,25,26). The third-order valence-corrected chi connectivity index (χ3v) is 4.81. The molecule has 136 valence electrons. The van der Waals surface area contributed by atoms with Gasteiger partial charge in [-0.3, -0.25) is 0 Å². The van der Waals surface area contributed by atoms with Gasteiger partial charge in [-0.1, -0.05) is 60.2 Å². The molecule has 27 heavy (non-hydrogen) atoms. The second-order valence-corrected chi connectivity index (χ2v) is 6.94. The first kappa shape index (κ1) is 17.2. The fourth-order valence-corrected chi connectivity index (χ4v) is 3.13. The molecule has 0 bridgehead atoms. The number of para-hydroxylation sites is 3. The van der Waals surface area contributed by atoms with Crippen LogP contribution in [-0.2, 0) is 5.54 Å². The van der Waals surface area contributed by atoms with E-state index in [1.54, 1.807) is 0 Å². The molecule has 4 nitrogen and oxygen atoms in total. The lowest BCUT2D eigenvalue weighted by Crippen LogP contribution is -2.38. The van der Waals surface area contributed by atoms with E-state index in [-0.39, 0.29) is 11.6 Å². The highest BCUT2D eigenvalue weighted by molar-refractivity contribution is 5.91. The van der Waals surface area contributed by atoms with Crippen molar-refractivity contribution in [2.24, 2.45) is 0 Å². The molecular formula is C23H22N2O2. The van der Waals surface area contributed by atoms with Gasteiger partial charge in [-0.2, -0.15) is 0 Å². The van der Waals surface area contributed by atoms with E-state index in [1.807, 2.05) is 54.6 Å². The second-order valence-electron chi connectivity index (χ2n) is 6.94. The lowest BCUT2D eigenvalue weighted by atomic mass is 10.0. The largest absolute Gasteiger partial charge is 0.455 e. The van der Waals surface area contributed by atoms with Crippen LogP contribution >= 0.6 is 0 Å². The third-order valence-electron chi connectivity index (χ3n) is 4.81. The summed E-state index contributed by atoms with van der Waals surface area (Å²) in [4.78, 5) is 12.6. The molecular weight excluding hydrogens is 336 g/mol. The van der Waals surface area contributed by atoms with Crippen molar-refractivity contribution >= 4 is 11.7 Å². The Kier molecular flexibility index (Phi) is 4.55. The molecule has 0 unspecified atom stereocenters. The number of hydrogen-bond donors (Lipinski definition) is 2. The monoisotopic (exact) mass is 358 g/mol. The molecule has 1 saturated carbocycles. The summed E-state index contributed by atoms with van der Waals surface area (Å²) >= 11 is 0. The molecule has 1 aliphatic rings. The summed E-state index contributed by atoms with van der Waals surface area (Å²) in [5.41, 5.74) is 2.74. The number of rotatable bonds is 5. The maximum absolute atomic E-state index is 12.6. The average molecular weight is 358 g/mol. The molecule has 0 aliphatic heterocycles. The van der Waals surface area contributed by atoms with Crippen molar-refractivity contribution in [3.8, 4) is 11.5 Å². The average Bonchev–Trinajstić information content (AvgIpc) is 3.45. The summed E-state index contributed by atoms with van der Waals surface area (Å²) < 4.78 is 5.91. The smallest absolute Gasteiger partial charge is 0.320 e. The molecule has 2 N–H and O–H groups in total. The van der Waals surface area contributed by atoms with Gasteiger partial charge in [0, 0.05) is 0 Å². The molecule has 3 aromatic rings. The minimum Gasteiger partial charge on any atom is -0.455 e. The quantitative estimate of drug-likeness (QED) is 0.624. The molecule has 4 rings (SSSR count). The van der Waals surface area contributed by atoms with Crippen molar-refractivity contribution in [2.45, 2.75) is 25.3 Å². The highest BCUT2D eigenvalue weighted by atomic mass is 16.5. The maximum atomic E-state index is 12.6. The molecule has 4 heteroatoms. The Bertz CT molecular complexity index is 932. The van der Waals surface area contributed by atoms with Crippen LogP contribution in [0.5, 0.6) is 11.5 Å². The van der Waals surface area contributed by atoms with Gasteiger partial charge in [-0.25, -0.2) is 4.79 Å². The number of carbonyl (C=O) groups excluding carboxylic acids is 1. The van der Waals surface area contributed by atoms with Crippen molar-refractivity contribution in [1.29, 1.82) is 0 Å². The summed E-state index contributed by atoms with van der Waals surface area (Å²) in [7, 11) is 0. The Labute approximate surface area is 159 Å². The number of ether oxygens (including phenoxy) is 1. The van der Waals surface area contributed by atoms with E-state index in [0.29, 0.717) is 11.4 Å². The molecule has 0 spiro atoms.